The standard InChI is InChI=1S/C24H24BrClN2O3S/c1-18-11-13-22(14-12-18)32(30,31)28(21-9-4-8-20(25)16-21)17-24(29)27-15-5-7-19-6-2-3-10-23(19)26/h2-4,6,8-14,16H,5,7,15,17H2,1H3,(H,27,29). The van der Waals surface area contributed by atoms with E-state index in [4.69, 9.17) is 11.6 Å². The zero-order valence-corrected chi connectivity index (χ0v) is 20.8. The lowest BCUT2D eigenvalue weighted by atomic mass is 10.1. The first-order valence-corrected chi connectivity index (χ1v) is 12.7. The van der Waals surface area contributed by atoms with Crippen LogP contribution in [-0.2, 0) is 21.2 Å². The first-order chi connectivity index (χ1) is 15.3. The van der Waals surface area contributed by atoms with Crippen LogP contribution in [0.3, 0.4) is 0 Å². The van der Waals surface area contributed by atoms with E-state index < -0.39 is 10.0 Å². The number of rotatable bonds is 9. The van der Waals surface area contributed by atoms with Crippen molar-refractivity contribution in [2.24, 2.45) is 0 Å². The largest absolute Gasteiger partial charge is 0.355 e. The molecule has 168 valence electrons. The van der Waals surface area contributed by atoms with Crippen LogP contribution in [0.5, 0.6) is 0 Å². The summed E-state index contributed by atoms with van der Waals surface area (Å²) in [4.78, 5) is 12.8. The van der Waals surface area contributed by atoms with Gasteiger partial charge in [0.15, 0.2) is 0 Å². The Labute approximate surface area is 202 Å². The number of halogens is 2. The molecule has 0 saturated carbocycles. The molecule has 1 amide bonds. The summed E-state index contributed by atoms with van der Waals surface area (Å²) in [6, 6.07) is 21.0. The molecule has 0 radical (unpaired) electrons. The molecule has 0 spiro atoms. The summed E-state index contributed by atoms with van der Waals surface area (Å²) in [5.41, 5.74) is 2.38. The highest BCUT2D eigenvalue weighted by Crippen LogP contribution is 2.26. The number of benzene rings is 3. The average Bonchev–Trinajstić information content (AvgIpc) is 2.76. The second-order valence-corrected chi connectivity index (χ2v) is 10.5. The number of aryl methyl sites for hydroxylation is 2. The van der Waals surface area contributed by atoms with Gasteiger partial charge < -0.3 is 5.32 Å². The summed E-state index contributed by atoms with van der Waals surface area (Å²) in [5.74, 6) is -0.375. The minimum Gasteiger partial charge on any atom is -0.355 e. The summed E-state index contributed by atoms with van der Waals surface area (Å²) < 4.78 is 28.6. The second-order valence-electron chi connectivity index (χ2n) is 7.35. The number of sulfonamides is 1. The summed E-state index contributed by atoms with van der Waals surface area (Å²) in [6.07, 6.45) is 1.41. The minimum atomic E-state index is -3.93. The molecular formula is C24H24BrClN2O3S. The molecule has 1 N–H and O–H groups in total. The zero-order chi connectivity index (χ0) is 23.1. The maximum absolute atomic E-state index is 13.4. The minimum absolute atomic E-state index is 0.134. The smallest absolute Gasteiger partial charge is 0.264 e. The molecule has 3 aromatic rings. The van der Waals surface area contributed by atoms with Gasteiger partial charge in [0.1, 0.15) is 6.54 Å². The van der Waals surface area contributed by atoms with Crippen LogP contribution in [0.2, 0.25) is 5.02 Å². The van der Waals surface area contributed by atoms with Crippen LogP contribution in [0.15, 0.2) is 82.2 Å². The van der Waals surface area contributed by atoms with Crippen molar-refractivity contribution in [1.82, 2.24) is 5.32 Å². The van der Waals surface area contributed by atoms with E-state index in [1.807, 2.05) is 31.2 Å². The van der Waals surface area contributed by atoms with E-state index >= 15 is 0 Å². The molecule has 8 heteroatoms. The molecule has 3 rings (SSSR count). The topological polar surface area (TPSA) is 66.5 Å². The fraction of sp³-hybridized carbons (Fsp3) is 0.208. The van der Waals surface area contributed by atoms with Gasteiger partial charge in [-0.2, -0.15) is 0 Å². The van der Waals surface area contributed by atoms with Gasteiger partial charge in [-0.05, 0) is 61.7 Å². The molecule has 32 heavy (non-hydrogen) atoms. The molecule has 0 fully saturated rings. The predicted octanol–water partition coefficient (Wildman–Crippen LogP) is 5.36. The Hall–Kier alpha value is -2.35. The monoisotopic (exact) mass is 534 g/mol. The van der Waals surface area contributed by atoms with Gasteiger partial charge in [-0.15, -0.1) is 0 Å². The molecule has 0 heterocycles. The highest BCUT2D eigenvalue weighted by Gasteiger charge is 2.27. The number of amides is 1. The van der Waals surface area contributed by atoms with Gasteiger partial charge in [0.05, 0.1) is 10.6 Å². The van der Waals surface area contributed by atoms with Gasteiger partial charge in [-0.1, -0.05) is 69.5 Å². The van der Waals surface area contributed by atoms with E-state index in [9.17, 15) is 13.2 Å². The highest BCUT2D eigenvalue weighted by molar-refractivity contribution is 9.10. The third-order valence-corrected chi connectivity index (χ3v) is 7.55. The molecular weight excluding hydrogens is 512 g/mol. The number of carbonyl (C=O) groups excluding carboxylic acids is 1. The number of hydrogen-bond donors (Lipinski definition) is 1. The second kappa shape index (κ2) is 11.0. The highest BCUT2D eigenvalue weighted by atomic mass is 79.9. The quantitative estimate of drug-likeness (QED) is 0.375. The van der Waals surface area contributed by atoms with Gasteiger partial charge in [0.2, 0.25) is 5.91 Å². The molecule has 0 aromatic heterocycles. The molecule has 5 nitrogen and oxygen atoms in total. The molecule has 0 aliphatic rings. The Bertz CT molecular complexity index is 1180. The normalized spacial score (nSPS) is 11.2. The van der Waals surface area contributed by atoms with Crippen molar-refractivity contribution in [2.45, 2.75) is 24.7 Å². The maximum Gasteiger partial charge on any atom is 0.264 e. The van der Waals surface area contributed by atoms with E-state index in [0.29, 0.717) is 23.7 Å². The van der Waals surface area contributed by atoms with Gasteiger partial charge in [-0.3, -0.25) is 9.10 Å². The fourth-order valence-electron chi connectivity index (χ4n) is 3.18. The number of carbonyl (C=O) groups is 1. The molecule has 3 aromatic carbocycles. The van der Waals surface area contributed by atoms with E-state index in [-0.39, 0.29) is 17.3 Å². The Balaban J connectivity index is 1.72. The lowest BCUT2D eigenvalue weighted by molar-refractivity contribution is -0.119. The number of nitrogens with one attached hydrogen (secondary N) is 1. The maximum atomic E-state index is 13.4. The van der Waals surface area contributed by atoms with Crippen molar-refractivity contribution in [1.29, 1.82) is 0 Å². The lowest BCUT2D eigenvalue weighted by Crippen LogP contribution is -2.41. The first-order valence-electron chi connectivity index (χ1n) is 10.1. The third kappa shape index (κ3) is 6.34. The molecule has 0 unspecified atom stereocenters. The Morgan fingerprint density at radius 2 is 1.75 bits per heavy atom. The van der Waals surface area contributed by atoms with Gasteiger partial charge in [0, 0.05) is 16.0 Å². The van der Waals surface area contributed by atoms with Crippen molar-refractivity contribution < 1.29 is 13.2 Å². The molecule has 0 aliphatic heterocycles. The summed E-state index contributed by atoms with van der Waals surface area (Å²) >= 11 is 9.54. The van der Waals surface area contributed by atoms with Gasteiger partial charge in [0.25, 0.3) is 10.0 Å². The van der Waals surface area contributed by atoms with Crippen LogP contribution in [0.1, 0.15) is 17.5 Å². The number of hydrogen-bond acceptors (Lipinski definition) is 3. The predicted molar refractivity (Wildman–Crippen MR) is 133 cm³/mol. The number of anilines is 1. The Kier molecular flexibility index (Phi) is 8.34. The van der Waals surface area contributed by atoms with E-state index in [1.165, 1.54) is 0 Å². The van der Waals surface area contributed by atoms with Gasteiger partial charge >= 0.3 is 0 Å². The van der Waals surface area contributed by atoms with E-state index in [2.05, 4.69) is 21.2 Å². The van der Waals surface area contributed by atoms with Crippen LogP contribution < -0.4 is 9.62 Å². The van der Waals surface area contributed by atoms with Crippen molar-refractivity contribution in [3.63, 3.8) is 0 Å². The third-order valence-electron chi connectivity index (χ3n) is 4.90. The molecule has 0 saturated heterocycles. The molecule has 0 bridgehead atoms. The van der Waals surface area contributed by atoms with Gasteiger partial charge in [-0.25, -0.2) is 8.42 Å². The number of nitrogens with zero attached hydrogens (tertiary/aromatic N) is 1. The van der Waals surface area contributed by atoms with Crippen LogP contribution in [-0.4, -0.2) is 27.4 Å². The molecule has 0 atom stereocenters. The van der Waals surface area contributed by atoms with E-state index in [0.717, 1.165) is 26.3 Å². The van der Waals surface area contributed by atoms with Crippen LogP contribution >= 0.6 is 27.5 Å². The Morgan fingerprint density at radius 3 is 2.44 bits per heavy atom. The fourth-order valence-corrected chi connectivity index (χ4v) is 5.21. The first kappa shape index (κ1) is 24.3. The summed E-state index contributed by atoms with van der Waals surface area (Å²) in [5, 5.41) is 3.52. The van der Waals surface area contributed by atoms with Crippen molar-refractivity contribution in [3.05, 3.63) is 93.4 Å². The van der Waals surface area contributed by atoms with Crippen molar-refractivity contribution in [2.75, 3.05) is 17.4 Å². The Morgan fingerprint density at radius 1 is 1.03 bits per heavy atom. The summed E-state index contributed by atoms with van der Waals surface area (Å²) in [7, 11) is -3.93. The van der Waals surface area contributed by atoms with Crippen molar-refractivity contribution in [3.8, 4) is 0 Å². The van der Waals surface area contributed by atoms with Crippen LogP contribution in [0, 0.1) is 6.92 Å². The van der Waals surface area contributed by atoms with Crippen LogP contribution in [0.4, 0.5) is 5.69 Å². The summed E-state index contributed by atoms with van der Waals surface area (Å²) in [6.45, 7) is 1.98. The SMILES string of the molecule is Cc1ccc(S(=O)(=O)N(CC(=O)NCCCc2ccccc2Cl)c2cccc(Br)c2)cc1. The molecule has 0 aliphatic carbocycles. The zero-order valence-electron chi connectivity index (χ0n) is 17.6. The lowest BCUT2D eigenvalue weighted by Gasteiger charge is -2.24. The van der Waals surface area contributed by atoms with Crippen molar-refractivity contribution >= 4 is 49.1 Å². The average molecular weight is 536 g/mol. The van der Waals surface area contributed by atoms with E-state index in [1.54, 1.807) is 48.5 Å². The van der Waals surface area contributed by atoms with Crippen LogP contribution in [0.25, 0.3) is 0 Å².